The summed E-state index contributed by atoms with van der Waals surface area (Å²) in [6.07, 6.45) is 4.33. The van der Waals surface area contributed by atoms with Gasteiger partial charge in [-0.1, -0.05) is 43.7 Å². The van der Waals surface area contributed by atoms with Gasteiger partial charge in [-0.25, -0.2) is 0 Å². The van der Waals surface area contributed by atoms with Crippen LogP contribution in [0.1, 0.15) is 31.0 Å². The molecular formula is C15H20N2O. The van der Waals surface area contributed by atoms with Gasteiger partial charge in [-0.15, -0.1) is 0 Å². The minimum absolute atomic E-state index is 0.598. The summed E-state index contributed by atoms with van der Waals surface area (Å²) < 4.78 is 7.77. The molecule has 0 bridgehead atoms. The highest BCUT2D eigenvalue weighted by Gasteiger charge is 2.05. The van der Waals surface area contributed by atoms with E-state index in [0.717, 1.165) is 24.4 Å². The van der Waals surface area contributed by atoms with Crippen LogP contribution in [0.25, 0.3) is 0 Å². The molecule has 18 heavy (non-hydrogen) atoms. The van der Waals surface area contributed by atoms with E-state index < -0.39 is 0 Å². The largest absolute Gasteiger partial charge is 0.485 e. The second-order valence-corrected chi connectivity index (χ2v) is 4.47. The zero-order valence-corrected chi connectivity index (χ0v) is 11.1. The van der Waals surface area contributed by atoms with E-state index in [1.54, 1.807) is 0 Å². The molecule has 0 radical (unpaired) electrons. The van der Waals surface area contributed by atoms with E-state index in [0.29, 0.717) is 6.61 Å². The first-order valence-electron chi connectivity index (χ1n) is 6.50. The highest BCUT2D eigenvalue weighted by Crippen LogP contribution is 2.17. The topological polar surface area (TPSA) is 27.1 Å². The van der Waals surface area contributed by atoms with Crippen LogP contribution in [-0.4, -0.2) is 9.78 Å². The number of aryl methyl sites for hydroxylation is 2. The third-order valence-corrected chi connectivity index (χ3v) is 2.88. The summed E-state index contributed by atoms with van der Waals surface area (Å²) in [6, 6.07) is 10.2. The van der Waals surface area contributed by atoms with Crippen molar-refractivity contribution < 1.29 is 4.74 Å². The van der Waals surface area contributed by atoms with Gasteiger partial charge in [-0.3, -0.25) is 4.68 Å². The molecule has 0 atom stereocenters. The van der Waals surface area contributed by atoms with E-state index >= 15 is 0 Å². The molecule has 0 aliphatic heterocycles. The zero-order chi connectivity index (χ0) is 12.8. The number of aromatic nitrogens is 2. The fourth-order valence-electron chi connectivity index (χ4n) is 1.81. The maximum absolute atomic E-state index is 5.80. The van der Waals surface area contributed by atoms with Crippen molar-refractivity contribution in [2.24, 2.45) is 0 Å². The fourth-order valence-corrected chi connectivity index (χ4v) is 1.81. The average Bonchev–Trinajstić information content (AvgIpc) is 2.76. The predicted octanol–water partition coefficient (Wildman–Crippen LogP) is 3.57. The van der Waals surface area contributed by atoms with Crippen LogP contribution >= 0.6 is 0 Å². The Morgan fingerprint density at radius 3 is 2.72 bits per heavy atom. The second kappa shape index (κ2) is 6.24. The van der Waals surface area contributed by atoms with Gasteiger partial charge in [0.05, 0.1) is 6.20 Å². The summed E-state index contributed by atoms with van der Waals surface area (Å²) in [7, 11) is 0. The number of unbranched alkanes of at least 4 members (excludes halogenated alkanes) is 1. The normalized spacial score (nSPS) is 10.6. The highest BCUT2D eigenvalue weighted by molar-refractivity contribution is 5.24. The first-order valence-corrected chi connectivity index (χ1v) is 6.50. The monoisotopic (exact) mass is 244 g/mol. The van der Waals surface area contributed by atoms with E-state index in [1.807, 2.05) is 36.0 Å². The molecule has 0 saturated heterocycles. The molecule has 0 spiro atoms. The minimum atomic E-state index is 0.598. The van der Waals surface area contributed by atoms with E-state index in [2.05, 4.69) is 24.2 Å². The van der Waals surface area contributed by atoms with Crippen LogP contribution in [0.15, 0.2) is 36.5 Å². The average molecular weight is 244 g/mol. The lowest BCUT2D eigenvalue weighted by molar-refractivity contribution is 0.303. The Morgan fingerprint density at radius 2 is 2.00 bits per heavy atom. The van der Waals surface area contributed by atoms with Crippen molar-refractivity contribution in [2.45, 2.75) is 39.8 Å². The molecule has 96 valence electrons. The zero-order valence-electron chi connectivity index (χ0n) is 11.1. The van der Waals surface area contributed by atoms with Crippen molar-refractivity contribution in [3.8, 4) is 5.75 Å². The summed E-state index contributed by atoms with van der Waals surface area (Å²) in [5.74, 6) is 0.884. The number of hydrogen-bond donors (Lipinski definition) is 0. The molecule has 3 heteroatoms. The molecule has 1 aromatic heterocycles. The Kier molecular flexibility index (Phi) is 4.40. The Balaban J connectivity index is 1.95. The maximum atomic E-state index is 5.80. The summed E-state index contributed by atoms with van der Waals surface area (Å²) in [5, 5.41) is 4.45. The van der Waals surface area contributed by atoms with Gasteiger partial charge >= 0.3 is 0 Å². The Labute approximate surface area is 108 Å². The molecular weight excluding hydrogens is 224 g/mol. The molecule has 3 nitrogen and oxygen atoms in total. The maximum Gasteiger partial charge on any atom is 0.160 e. The standard InChI is InChI=1S/C15H20N2O/c1-3-4-10-17-11-15(13(2)16-17)18-12-14-8-6-5-7-9-14/h5-9,11H,3-4,10,12H2,1-2H3. The van der Waals surface area contributed by atoms with E-state index in [1.165, 1.54) is 12.0 Å². The lowest BCUT2D eigenvalue weighted by Gasteiger charge is -2.04. The van der Waals surface area contributed by atoms with Gasteiger partial charge in [-0.05, 0) is 18.9 Å². The summed E-state index contributed by atoms with van der Waals surface area (Å²) in [6.45, 7) is 5.74. The van der Waals surface area contributed by atoms with Gasteiger partial charge in [0.15, 0.2) is 5.75 Å². The Bertz CT molecular complexity index is 476. The van der Waals surface area contributed by atoms with Crippen LogP contribution < -0.4 is 4.74 Å². The molecule has 0 N–H and O–H groups in total. The first kappa shape index (κ1) is 12.7. The second-order valence-electron chi connectivity index (χ2n) is 4.47. The van der Waals surface area contributed by atoms with Gasteiger partial charge < -0.3 is 4.74 Å². The highest BCUT2D eigenvalue weighted by atomic mass is 16.5. The Hall–Kier alpha value is -1.77. The van der Waals surface area contributed by atoms with Crippen LogP contribution in [-0.2, 0) is 13.2 Å². The van der Waals surface area contributed by atoms with Crippen molar-refractivity contribution in [3.05, 3.63) is 47.8 Å². The van der Waals surface area contributed by atoms with Crippen molar-refractivity contribution in [3.63, 3.8) is 0 Å². The predicted molar refractivity (Wildman–Crippen MR) is 72.6 cm³/mol. The first-order chi connectivity index (χ1) is 8.79. The molecule has 0 unspecified atom stereocenters. The van der Waals surface area contributed by atoms with Gasteiger partial charge in [0, 0.05) is 6.54 Å². The Morgan fingerprint density at radius 1 is 1.22 bits per heavy atom. The SMILES string of the molecule is CCCCn1cc(OCc2ccccc2)c(C)n1. The third kappa shape index (κ3) is 3.36. The molecule has 0 saturated carbocycles. The van der Waals surface area contributed by atoms with Crippen molar-refractivity contribution >= 4 is 0 Å². The van der Waals surface area contributed by atoms with E-state index in [4.69, 9.17) is 4.74 Å². The van der Waals surface area contributed by atoms with Crippen LogP contribution in [0, 0.1) is 6.92 Å². The van der Waals surface area contributed by atoms with Gasteiger partial charge in [0.2, 0.25) is 0 Å². The lowest BCUT2D eigenvalue weighted by Crippen LogP contribution is -1.97. The molecule has 1 aromatic carbocycles. The lowest BCUT2D eigenvalue weighted by atomic mass is 10.2. The molecule has 0 aliphatic rings. The molecule has 1 heterocycles. The third-order valence-electron chi connectivity index (χ3n) is 2.88. The van der Waals surface area contributed by atoms with Crippen LogP contribution in [0.4, 0.5) is 0 Å². The van der Waals surface area contributed by atoms with Crippen molar-refractivity contribution in [2.75, 3.05) is 0 Å². The van der Waals surface area contributed by atoms with E-state index in [9.17, 15) is 0 Å². The molecule has 2 rings (SSSR count). The quantitative estimate of drug-likeness (QED) is 0.776. The van der Waals surface area contributed by atoms with Gasteiger partial charge in [-0.2, -0.15) is 5.10 Å². The smallest absolute Gasteiger partial charge is 0.160 e. The van der Waals surface area contributed by atoms with Gasteiger partial charge in [0.25, 0.3) is 0 Å². The number of ether oxygens (including phenoxy) is 1. The number of hydrogen-bond acceptors (Lipinski definition) is 2. The van der Waals surface area contributed by atoms with Crippen LogP contribution in [0.5, 0.6) is 5.75 Å². The molecule has 0 fully saturated rings. The van der Waals surface area contributed by atoms with Crippen LogP contribution in [0.2, 0.25) is 0 Å². The molecule has 0 aliphatic carbocycles. The molecule has 2 aromatic rings. The van der Waals surface area contributed by atoms with Crippen LogP contribution in [0.3, 0.4) is 0 Å². The van der Waals surface area contributed by atoms with Crippen molar-refractivity contribution in [1.82, 2.24) is 9.78 Å². The fraction of sp³-hybridized carbons (Fsp3) is 0.400. The summed E-state index contributed by atoms with van der Waals surface area (Å²) in [5.41, 5.74) is 2.14. The summed E-state index contributed by atoms with van der Waals surface area (Å²) in [4.78, 5) is 0. The molecule has 0 amide bonds. The number of benzene rings is 1. The van der Waals surface area contributed by atoms with Crippen molar-refractivity contribution in [1.29, 1.82) is 0 Å². The number of rotatable bonds is 6. The van der Waals surface area contributed by atoms with E-state index in [-0.39, 0.29) is 0 Å². The van der Waals surface area contributed by atoms with Gasteiger partial charge in [0.1, 0.15) is 12.3 Å². The number of nitrogens with zero attached hydrogens (tertiary/aromatic N) is 2. The summed E-state index contributed by atoms with van der Waals surface area (Å²) >= 11 is 0. The minimum Gasteiger partial charge on any atom is -0.485 e.